The molecule has 8 heteroatoms. The number of carbonyl (C=O) groups is 1. The van der Waals surface area contributed by atoms with E-state index in [2.05, 4.69) is 10.6 Å². The number of benzene rings is 2. The molecule has 0 aliphatic carbocycles. The van der Waals surface area contributed by atoms with Gasteiger partial charge in [-0.1, -0.05) is 12.1 Å². The molecule has 0 radical (unpaired) electrons. The predicted octanol–water partition coefficient (Wildman–Crippen LogP) is 4.23. The third-order valence-corrected chi connectivity index (χ3v) is 3.29. The van der Waals surface area contributed by atoms with E-state index < -0.39 is 17.6 Å². The van der Waals surface area contributed by atoms with Gasteiger partial charge < -0.3 is 10.1 Å². The van der Waals surface area contributed by atoms with Gasteiger partial charge in [-0.15, -0.1) is 0 Å². The van der Waals surface area contributed by atoms with E-state index in [0.717, 1.165) is 12.1 Å². The zero-order chi connectivity index (χ0) is 18.4. The smallest absolute Gasteiger partial charge is 0.416 e. The Balaban J connectivity index is 2.03. The van der Waals surface area contributed by atoms with E-state index in [4.69, 9.17) is 17.0 Å². The Labute approximate surface area is 148 Å². The van der Waals surface area contributed by atoms with Crippen molar-refractivity contribution in [2.24, 2.45) is 0 Å². The summed E-state index contributed by atoms with van der Waals surface area (Å²) in [6.45, 7) is 2.28. The van der Waals surface area contributed by atoms with Crippen molar-refractivity contribution in [3.63, 3.8) is 0 Å². The van der Waals surface area contributed by atoms with Gasteiger partial charge in [-0.2, -0.15) is 13.2 Å². The lowest BCUT2D eigenvalue weighted by Gasteiger charge is -2.12. The van der Waals surface area contributed by atoms with Crippen LogP contribution < -0.4 is 15.4 Å². The lowest BCUT2D eigenvalue weighted by Crippen LogP contribution is -2.34. The summed E-state index contributed by atoms with van der Waals surface area (Å²) in [6.07, 6.45) is -4.46. The van der Waals surface area contributed by atoms with E-state index in [9.17, 15) is 18.0 Å². The Morgan fingerprint density at radius 2 is 1.88 bits per heavy atom. The molecule has 0 spiro atoms. The van der Waals surface area contributed by atoms with Gasteiger partial charge in [-0.25, -0.2) is 0 Å². The Morgan fingerprint density at radius 3 is 2.56 bits per heavy atom. The fourth-order valence-electron chi connectivity index (χ4n) is 2.00. The third kappa shape index (κ3) is 5.46. The summed E-state index contributed by atoms with van der Waals surface area (Å²) in [5.41, 5.74) is -0.363. The molecule has 1 amide bonds. The van der Waals surface area contributed by atoms with Crippen molar-refractivity contribution < 1.29 is 22.7 Å². The van der Waals surface area contributed by atoms with Crippen molar-refractivity contribution in [3.8, 4) is 5.75 Å². The van der Waals surface area contributed by atoms with Crippen LogP contribution in [0.25, 0.3) is 0 Å². The zero-order valence-electron chi connectivity index (χ0n) is 13.2. The van der Waals surface area contributed by atoms with E-state index in [0.29, 0.717) is 17.9 Å². The second-order valence-corrected chi connectivity index (χ2v) is 5.36. The number of hydrogen-bond donors (Lipinski definition) is 2. The van der Waals surface area contributed by atoms with Crippen molar-refractivity contribution >= 4 is 28.9 Å². The molecule has 2 N–H and O–H groups in total. The minimum Gasteiger partial charge on any atom is -0.494 e. The Kier molecular flexibility index (Phi) is 5.97. The first-order chi connectivity index (χ1) is 11.8. The molecule has 0 aliphatic heterocycles. The van der Waals surface area contributed by atoms with Gasteiger partial charge in [0.25, 0.3) is 5.91 Å². The quantitative estimate of drug-likeness (QED) is 0.793. The fraction of sp³-hybridized carbons (Fsp3) is 0.176. The van der Waals surface area contributed by atoms with Gasteiger partial charge in [0.1, 0.15) is 5.75 Å². The summed E-state index contributed by atoms with van der Waals surface area (Å²) in [7, 11) is 0. The van der Waals surface area contributed by atoms with Crippen LogP contribution >= 0.6 is 12.2 Å². The van der Waals surface area contributed by atoms with Crippen molar-refractivity contribution in [2.75, 3.05) is 11.9 Å². The fourth-order valence-corrected chi connectivity index (χ4v) is 2.22. The highest BCUT2D eigenvalue weighted by Gasteiger charge is 2.30. The van der Waals surface area contributed by atoms with Crippen LogP contribution in [0.2, 0.25) is 0 Å². The molecule has 0 saturated carbocycles. The topological polar surface area (TPSA) is 50.4 Å². The van der Waals surface area contributed by atoms with Gasteiger partial charge in [0.2, 0.25) is 0 Å². The third-order valence-electron chi connectivity index (χ3n) is 3.08. The van der Waals surface area contributed by atoms with Gasteiger partial charge in [0.05, 0.1) is 12.2 Å². The lowest BCUT2D eigenvalue weighted by molar-refractivity contribution is -0.137. The molecule has 2 aromatic carbocycles. The minimum absolute atomic E-state index is 0.105. The molecule has 0 bridgehead atoms. The number of alkyl halides is 3. The highest BCUT2D eigenvalue weighted by Crippen LogP contribution is 2.30. The van der Waals surface area contributed by atoms with Gasteiger partial charge in [0, 0.05) is 11.3 Å². The van der Waals surface area contributed by atoms with E-state index in [1.165, 1.54) is 12.1 Å². The number of amides is 1. The maximum atomic E-state index is 12.7. The second-order valence-electron chi connectivity index (χ2n) is 4.95. The number of carbonyl (C=O) groups excluding carboxylic acids is 1. The van der Waals surface area contributed by atoms with Crippen LogP contribution in [-0.4, -0.2) is 17.6 Å². The van der Waals surface area contributed by atoms with Crippen LogP contribution in [0, 0.1) is 0 Å². The maximum Gasteiger partial charge on any atom is 0.416 e. The lowest BCUT2D eigenvalue weighted by atomic mass is 10.2. The van der Waals surface area contributed by atoms with Gasteiger partial charge in [-0.05, 0) is 55.5 Å². The van der Waals surface area contributed by atoms with Gasteiger partial charge in [-0.3, -0.25) is 10.1 Å². The molecule has 2 aromatic rings. The number of anilines is 1. The normalized spacial score (nSPS) is 10.9. The molecule has 25 heavy (non-hydrogen) atoms. The first-order valence-electron chi connectivity index (χ1n) is 7.32. The van der Waals surface area contributed by atoms with E-state index >= 15 is 0 Å². The summed E-state index contributed by atoms with van der Waals surface area (Å²) >= 11 is 4.98. The van der Waals surface area contributed by atoms with Crippen molar-refractivity contribution in [3.05, 3.63) is 59.7 Å². The van der Waals surface area contributed by atoms with Crippen LogP contribution in [0.1, 0.15) is 22.8 Å². The monoisotopic (exact) mass is 368 g/mol. The van der Waals surface area contributed by atoms with E-state index in [1.807, 2.05) is 6.92 Å². The van der Waals surface area contributed by atoms with Gasteiger partial charge in [0.15, 0.2) is 5.11 Å². The number of halogens is 3. The molecule has 0 fully saturated rings. The molecule has 0 aliphatic rings. The largest absolute Gasteiger partial charge is 0.494 e. The number of thiocarbonyl (C=S) groups is 1. The number of hydrogen-bond acceptors (Lipinski definition) is 3. The van der Waals surface area contributed by atoms with Crippen molar-refractivity contribution in [2.45, 2.75) is 13.1 Å². The summed E-state index contributed by atoms with van der Waals surface area (Å²) in [4.78, 5) is 12.2. The summed E-state index contributed by atoms with van der Waals surface area (Å²) in [5, 5.41) is 4.87. The van der Waals surface area contributed by atoms with Crippen LogP contribution in [0.3, 0.4) is 0 Å². The van der Waals surface area contributed by atoms with Gasteiger partial charge >= 0.3 is 6.18 Å². The summed E-state index contributed by atoms with van der Waals surface area (Å²) in [6, 6.07) is 11.0. The summed E-state index contributed by atoms with van der Waals surface area (Å²) in [5.74, 6) is 0.0398. The second kappa shape index (κ2) is 7.98. The Morgan fingerprint density at radius 1 is 1.16 bits per heavy atom. The van der Waals surface area contributed by atoms with Crippen LogP contribution in [0.15, 0.2) is 48.5 Å². The number of ether oxygens (including phenoxy) is 1. The predicted molar refractivity (Wildman–Crippen MR) is 92.7 cm³/mol. The number of nitrogens with one attached hydrogen (secondary N) is 2. The Bertz CT molecular complexity index is 778. The average molecular weight is 368 g/mol. The molecule has 0 aromatic heterocycles. The molecule has 132 valence electrons. The van der Waals surface area contributed by atoms with Crippen LogP contribution in [0.4, 0.5) is 18.9 Å². The molecule has 4 nitrogen and oxygen atoms in total. The molecule has 0 atom stereocenters. The van der Waals surface area contributed by atoms with Crippen LogP contribution in [0.5, 0.6) is 5.75 Å². The number of rotatable bonds is 4. The zero-order valence-corrected chi connectivity index (χ0v) is 14.0. The first kappa shape index (κ1) is 18.7. The standard InChI is InChI=1S/C17H15F3N2O2S/c1-2-24-14-8-3-5-11(9-14)15(23)22-16(25)21-13-7-4-6-12(10-13)17(18,19)20/h3-10H,2H2,1H3,(H2,21,22,23,25). The highest BCUT2D eigenvalue weighted by molar-refractivity contribution is 7.80. The molecule has 2 rings (SSSR count). The highest BCUT2D eigenvalue weighted by atomic mass is 32.1. The molecule has 0 saturated heterocycles. The molecule has 0 unspecified atom stereocenters. The van der Waals surface area contributed by atoms with Crippen LogP contribution in [-0.2, 0) is 6.18 Å². The Hall–Kier alpha value is -2.61. The minimum atomic E-state index is -4.46. The van der Waals surface area contributed by atoms with Crippen molar-refractivity contribution in [1.29, 1.82) is 0 Å². The SMILES string of the molecule is CCOc1cccc(C(=O)NC(=S)Nc2cccc(C(F)(F)F)c2)c1. The molecular formula is C17H15F3N2O2S. The maximum absolute atomic E-state index is 12.7. The van der Waals surface area contributed by atoms with E-state index in [-0.39, 0.29) is 10.8 Å². The summed E-state index contributed by atoms with van der Waals surface area (Å²) < 4.78 is 43.4. The van der Waals surface area contributed by atoms with E-state index in [1.54, 1.807) is 24.3 Å². The molecular weight excluding hydrogens is 353 g/mol. The average Bonchev–Trinajstić information content (AvgIpc) is 2.54. The molecule has 0 heterocycles. The first-order valence-corrected chi connectivity index (χ1v) is 7.73. The van der Waals surface area contributed by atoms with Crippen molar-refractivity contribution in [1.82, 2.24) is 5.32 Å².